The maximum Gasteiger partial charge on any atom is 0.131 e. The third kappa shape index (κ3) is 7.27. The molecule has 0 heterocycles. The van der Waals surface area contributed by atoms with Crippen LogP contribution in [0.5, 0.6) is 5.75 Å². The van der Waals surface area contributed by atoms with Gasteiger partial charge >= 0.3 is 0 Å². The molecule has 0 amide bonds. The molecule has 1 aliphatic rings. The second kappa shape index (κ2) is 15.6. The van der Waals surface area contributed by atoms with Crippen LogP contribution < -0.4 is 4.74 Å². The standard InChI is InChI=1S/C42H59FO/c1-9-30-26-34(38-23-20-33(28-40(38)43)32-18-16-29(8)17-19-32)21-22-37(30)39-27-31(10-2)41(36(12-4)35(39)11-3)44-25-24-42(13-5,14-6)15-7/h20-23,26-29,32H,9-19,24-25H2,1-8H3. The Morgan fingerprint density at radius 3 is 1.89 bits per heavy atom. The molecule has 0 bridgehead atoms. The molecule has 0 aliphatic heterocycles. The zero-order chi connectivity index (χ0) is 31.9. The van der Waals surface area contributed by atoms with Crippen LogP contribution in [-0.4, -0.2) is 6.61 Å². The predicted octanol–water partition coefficient (Wildman–Crippen LogP) is 12.7. The second-order valence-electron chi connectivity index (χ2n) is 13.5. The molecule has 44 heavy (non-hydrogen) atoms. The van der Waals surface area contributed by atoms with Gasteiger partial charge in [0.05, 0.1) is 6.61 Å². The molecule has 1 nitrogen and oxygen atoms in total. The summed E-state index contributed by atoms with van der Waals surface area (Å²) in [6, 6.07) is 15.0. The largest absolute Gasteiger partial charge is 0.493 e. The van der Waals surface area contributed by atoms with E-state index in [1.54, 1.807) is 0 Å². The maximum atomic E-state index is 15.6. The molecular formula is C42H59FO. The summed E-state index contributed by atoms with van der Waals surface area (Å²) in [4.78, 5) is 0. The van der Waals surface area contributed by atoms with Crippen LogP contribution in [0.3, 0.4) is 0 Å². The minimum Gasteiger partial charge on any atom is -0.493 e. The van der Waals surface area contributed by atoms with Crippen molar-refractivity contribution >= 4 is 0 Å². The van der Waals surface area contributed by atoms with Gasteiger partial charge < -0.3 is 4.74 Å². The molecule has 0 N–H and O–H groups in total. The van der Waals surface area contributed by atoms with Crippen LogP contribution >= 0.6 is 0 Å². The van der Waals surface area contributed by atoms with Gasteiger partial charge in [-0.05, 0) is 119 Å². The van der Waals surface area contributed by atoms with Crippen LogP contribution in [0.4, 0.5) is 4.39 Å². The second-order valence-corrected chi connectivity index (χ2v) is 13.5. The molecule has 0 saturated heterocycles. The normalized spacial score (nSPS) is 17.2. The van der Waals surface area contributed by atoms with Gasteiger partial charge in [-0.15, -0.1) is 0 Å². The Hall–Kier alpha value is -2.61. The molecule has 0 atom stereocenters. The Morgan fingerprint density at radius 1 is 0.682 bits per heavy atom. The summed E-state index contributed by atoms with van der Waals surface area (Å²) in [6.07, 6.45) is 13.3. The van der Waals surface area contributed by atoms with Crippen LogP contribution in [0.15, 0.2) is 42.5 Å². The predicted molar refractivity (Wildman–Crippen MR) is 189 cm³/mol. The number of ether oxygens (including phenoxy) is 1. The summed E-state index contributed by atoms with van der Waals surface area (Å²) in [7, 11) is 0. The van der Waals surface area contributed by atoms with E-state index in [1.165, 1.54) is 83.9 Å². The Kier molecular flexibility index (Phi) is 12.1. The smallest absolute Gasteiger partial charge is 0.131 e. The van der Waals surface area contributed by atoms with E-state index in [2.05, 4.69) is 85.7 Å². The van der Waals surface area contributed by atoms with Crippen molar-refractivity contribution in [3.05, 3.63) is 76.1 Å². The van der Waals surface area contributed by atoms with Crippen molar-refractivity contribution < 1.29 is 9.13 Å². The average Bonchev–Trinajstić information content (AvgIpc) is 3.06. The van der Waals surface area contributed by atoms with E-state index in [4.69, 9.17) is 4.74 Å². The lowest BCUT2D eigenvalue weighted by Crippen LogP contribution is -2.21. The number of aryl methyl sites for hydroxylation is 2. The number of hydrogen-bond donors (Lipinski definition) is 0. The first-order valence-corrected chi connectivity index (χ1v) is 18.0. The van der Waals surface area contributed by atoms with Crippen molar-refractivity contribution in [1.82, 2.24) is 0 Å². The molecule has 0 spiro atoms. The van der Waals surface area contributed by atoms with E-state index < -0.39 is 0 Å². The third-order valence-corrected chi connectivity index (χ3v) is 11.4. The fraction of sp³-hybridized carbons (Fsp3) is 0.571. The topological polar surface area (TPSA) is 9.23 Å². The number of hydrogen-bond acceptors (Lipinski definition) is 1. The van der Waals surface area contributed by atoms with Crippen LogP contribution in [0.2, 0.25) is 0 Å². The number of benzene rings is 3. The highest BCUT2D eigenvalue weighted by molar-refractivity contribution is 5.78. The zero-order valence-corrected chi connectivity index (χ0v) is 29.2. The molecule has 1 fully saturated rings. The molecule has 2 heteroatoms. The van der Waals surface area contributed by atoms with Gasteiger partial charge in [-0.25, -0.2) is 4.39 Å². The number of rotatable bonds is 14. The van der Waals surface area contributed by atoms with Gasteiger partial charge in [-0.2, -0.15) is 0 Å². The minimum atomic E-state index is -0.0912. The summed E-state index contributed by atoms with van der Waals surface area (Å²) < 4.78 is 22.3. The summed E-state index contributed by atoms with van der Waals surface area (Å²) in [5.41, 5.74) is 11.2. The van der Waals surface area contributed by atoms with Gasteiger partial charge in [0.1, 0.15) is 11.6 Å². The fourth-order valence-corrected chi connectivity index (χ4v) is 7.86. The van der Waals surface area contributed by atoms with E-state index >= 15 is 4.39 Å². The summed E-state index contributed by atoms with van der Waals surface area (Å²) in [6.45, 7) is 19.1. The molecule has 0 aromatic heterocycles. The Labute approximate surface area is 269 Å². The van der Waals surface area contributed by atoms with Crippen molar-refractivity contribution in [3.8, 4) is 28.0 Å². The molecule has 1 saturated carbocycles. The van der Waals surface area contributed by atoms with E-state index in [9.17, 15) is 0 Å². The highest BCUT2D eigenvalue weighted by Crippen LogP contribution is 2.42. The van der Waals surface area contributed by atoms with Crippen LogP contribution in [0.25, 0.3) is 22.3 Å². The van der Waals surface area contributed by atoms with Crippen molar-refractivity contribution in [2.24, 2.45) is 11.3 Å². The van der Waals surface area contributed by atoms with Crippen LogP contribution in [0, 0.1) is 17.2 Å². The fourth-order valence-electron chi connectivity index (χ4n) is 7.86. The van der Waals surface area contributed by atoms with E-state index in [1.807, 2.05) is 12.1 Å². The SMILES string of the molecule is CCc1cc(-c2ccc(C3CCC(C)CC3)cc2F)ccc1-c1cc(CC)c(OCCC(CC)(CC)CC)c(CC)c1CC. The highest BCUT2D eigenvalue weighted by atomic mass is 19.1. The molecular weight excluding hydrogens is 539 g/mol. The van der Waals surface area contributed by atoms with Crippen LogP contribution in [0.1, 0.15) is 140 Å². The zero-order valence-electron chi connectivity index (χ0n) is 29.2. The molecule has 4 rings (SSSR count). The van der Waals surface area contributed by atoms with E-state index in [0.717, 1.165) is 55.9 Å². The van der Waals surface area contributed by atoms with Crippen LogP contribution in [-0.2, 0) is 25.7 Å². The maximum absolute atomic E-state index is 15.6. The molecule has 3 aromatic carbocycles. The van der Waals surface area contributed by atoms with Crippen molar-refractivity contribution in [2.45, 2.75) is 138 Å². The van der Waals surface area contributed by atoms with Gasteiger partial charge in [0.2, 0.25) is 0 Å². The Morgan fingerprint density at radius 2 is 1.32 bits per heavy atom. The molecule has 3 aromatic rings. The Bertz CT molecular complexity index is 1360. The summed E-state index contributed by atoms with van der Waals surface area (Å²) in [5.74, 6) is 2.33. The number of halogens is 1. The first kappa shape index (κ1) is 34.3. The van der Waals surface area contributed by atoms with Gasteiger partial charge in [0.15, 0.2) is 0 Å². The lowest BCUT2D eigenvalue weighted by atomic mass is 9.77. The van der Waals surface area contributed by atoms with Crippen molar-refractivity contribution in [1.29, 1.82) is 0 Å². The van der Waals surface area contributed by atoms with Gasteiger partial charge in [-0.3, -0.25) is 0 Å². The monoisotopic (exact) mass is 598 g/mol. The van der Waals surface area contributed by atoms with Crippen molar-refractivity contribution in [3.63, 3.8) is 0 Å². The highest BCUT2D eigenvalue weighted by Gasteiger charge is 2.25. The summed E-state index contributed by atoms with van der Waals surface area (Å²) >= 11 is 0. The average molecular weight is 599 g/mol. The quantitative estimate of drug-likeness (QED) is 0.179. The first-order valence-electron chi connectivity index (χ1n) is 18.0. The van der Waals surface area contributed by atoms with Crippen molar-refractivity contribution in [2.75, 3.05) is 6.61 Å². The van der Waals surface area contributed by atoms with Gasteiger partial charge in [-0.1, -0.05) is 118 Å². The van der Waals surface area contributed by atoms with Gasteiger partial charge in [0.25, 0.3) is 0 Å². The van der Waals surface area contributed by atoms with E-state index in [0.29, 0.717) is 16.9 Å². The summed E-state index contributed by atoms with van der Waals surface area (Å²) in [5, 5.41) is 0. The molecule has 240 valence electrons. The Balaban J connectivity index is 1.68. The van der Waals surface area contributed by atoms with E-state index in [-0.39, 0.29) is 5.82 Å². The molecule has 0 unspecified atom stereocenters. The first-order chi connectivity index (χ1) is 21.3. The lowest BCUT2D eigenvalue weighted by Gasteiger charge is -2.31. The molecule has 0 radical (unpaired) electrons. The lowest BCUT2D eigenvalue weighted by molar-refractivity contribution is 0.172. The van der Waals surface area contributed by atoms with Gasteiger partial charge in [0, 0.05) is 5.56 Å². The molecule has 1 aliphatic carbocycles. The minimum absolute atomic E-state index is 0.0912. The third-order valence-electron chi connectivity index (χ3n) is 11.4.